The maximum Gasteiger partial charge on any atom is 0.234 e. The number of unbranched alkanes of at least 4 members (excludes halogenated alkanes) is 4. The average Bonchev–Trinajstić information content (AvgIpc) is 3.00. The van der Waals surface area contributed by atoms with Crippen LogP contribution in [0.1, 0.15) is 74.1 Å². The minimum atomic E-state index is -0.434. The van der Waals surface area contributed by atoms with E-state index < -0.39 is 5.41 Å². The first-order valence-corrected chi connectivity index (χ1v) is 11.1. The molecule has 0 aromatic heterocycles. The Morgan fingerprint density at radius 2 is 1.41 bits per heavy atom. The molecular formula is C26H29NO2. The van der Waals surface area contributed by atoms with E-state index in [1.807, 2.05) is 0 Å². The zero-order chi connectivity index (χ0) is 20.2. The molecule has 0 spiro atoms. The van der Waals surface area contributed by atoms with Gasteiger partial charge in [-0.3, -0.25) is 14.5 Å². The summed E-state index contributed by atoms with van der Waals surface area (Å²) in [6, 6.07) is 16.9. The Kier molecular flexibility index (Phi) is 4.38. The molecule has 0 saturated carbocycles. The van der Waals surface area contributed by atoms with Gasteiger partial charge < -0.3 is 0 Å². The molecule has 2 aromatic carbocycles. The molecule has 1 fully saturated rings. The molecule has 0 radical (unpaired) electrons. The molecule has 2 atom stereocenters. The molecule has 2 unspecified atom stereocenters. The van der Waals surface area contributed by atoms with Crippen molar-refractivity contribution in [1.29, 1.82) is 0 Å². The van der Waals surface area contributed by atoms with Crippen molar-refractivity contribution in [2.75, 3.05) is 6.54 Å². The Balaban J connectivity index is 1.55. The number of hydrogen-bond acceptors (Lipinski definition) is 2. The maximum atomic E-state index is 13.6. The number of benzene rings is 2. The maximum absolute atomic E-state index is 13.6. The predicted molar refractivity (Wildman–Crippen MR) is 114 cm³/mol. The number of nitrogens with zero attached hydrogens (tertiary/aromatic N) is 1. The van der Waals surface area contributed by atoms with Crippen LogP contribution in [0.4, 0.5) is 0 Å². The van der Waals surface area contributed by atoms with Crippen molar-refractivity contribution in [3.8, 4) is 0 Å². The lowest BCUT2D eigenvalue weighted by Gasteiger charge is -2.52. The number of hydrogen-bond donors (Lipinski definition) is 0. The van der Waals surface area contributed by atoms with E-state index in [0.717, 1.165) is 12.8 Å². The molecule has 0 N–H and O–H groups in total. The number of rotatable bonds is 6. The largest absolute Gasteiger partial charge is 0.282 e. The Bertz CT molecular complexity index is 931. The van der Waals surface area contributed by atoms with Crippen LogP contribution in [0.15, 0.2) is 48.5 Å². The Hall–Kier alpha value is -2.42. The van der Waals surface area contributed by atoms with Gasteiger partial charge in [-0.25, -0.2) is 0 Å². The van der Waals surface area contributed by atoms with Gasteiger partial charge in [-0.2, -0.15) is 0 Å². The van der Waals surface area contributed by atoms with Gasteiger partial charge in [0.1, 0.15) is 0 Å². The van der Waals surface area contributed by atoms with Crippen molar-refractivity contribution in [2.24, 2.45) is 11.8 Å². The highest BCUT2D eigenvalue weighted by molar-refractivity contribution is 6.08. The van der Waals surface area contributed by atoms with Crippen molar-refractivity contribution in [3.63, 3.8) is 0 Å². The first-order chi connectivity index (χ1) is 14.1. The van der Waals surface area contributed by atoms with Crippen molar-refractivity contribution in [3.05, 3.63) is 70.8 Å². The van der Waals surface area contributed by atoms with Crippen LogP contribution in [0, 0.1) is 11.8 Å². The number of imide groups is 1. The van der Waals surface area contributed by atoms with Gasteiger partial charge in [0.05, 0.1) is 11.8 Å². The van der Waals surface area contributed by atoms with Gasteiger partial charge in [0.25, 0.3) is 0 Å². The third-order valence-electron chi connectivity index (χ3n) is 7.62. The van der Waals surface area contributed by atoms with Crippen molar-refractivity contribution < 1.29 is 9.59 Å². The molecule has 1 heterocycles. The second kappa shape index (κ2) is 6.83. The molecule has 3 heteroatoms. The lowest BCUT2D eigenvalue weighted by atomic mass is 9.48. The summed E-state index contributed by atoms with van der Waals surface area (Å²) < 4.78 is 0. The van der Waals surface area contributed by atoms with Gasteiger partial charge in [-0.05, 0) is 28.7 Å². The fraction of sp³-hybridized carbons (Fsp3) is 0.462. The summed E-state index contributed by atoms with van der Waals surface area (Å²) in [5.41, 5.74) is 4.50. The van der Waals surface area contributed by atoms with E-state index in [1.165, 1.54) is 41.5 Å². The smallest absolute Gasteiger partial charge is 0.234 e. The van der Waals surface area contributed by atoms with Crippen LogP contribution in [0.3, 0.4) is 0 Å². The second-order valence-corrected chi connectivity index (χ2v) is 9.10. The minimum Gasteiger partial charge on any atom is -0.282 e. The highest BCUT2D eigenvalue weighted by Crippen LogP contribution is 2.63. The highest BCUT2D eigenvalue weighted by Gasteiger charge is 2.66. The molecule has 1 saturated heterocycles. The standard InChI is InChI=1S/C26H29NO2/c1-3-4-5-6-11-16-27-24(28)22-21-17-12-7-9-14-19(17)26(2,23(22)25(27)29)20-15-10-8-13-18(20)21/h7-10,12-15,21-23H,3-6,11,16H2,1-2H3. The van der Waals surface area contributed by atoms with Crippen LogP contribution >= 0.6 is 0 Å². The summed E-state index contributed by atoms with van der Waals surface area (Å²) in [4.78, 5) is 28.7. The summed E-state index contributed by atoms with van der Waals surface area (Å²) in [7, 11) is 0. The second-order valence-electron chi connectivity index (χ2n) is 9.10. The summed E-state index contributed by atoms with van der Waals surface area (Å²) in [5.74, 6) is -0.438. The van der Waals surface area contributed by atoms with E-state index in [2.05, 4.69) is 62.4 Å². The summed E-state index contributed by atoms with van der Waals surface area (Å²) in [5, 5.41) is 0. The van der Waals surface area contributed by atoms with Crippen LogP contribution in [-0.2, 0) is 15.0 Å². The SMILES string of the molecule is CCCCCCCN1C(=O)C2C3c4ccccc4C(C)(c4ccccc43)C2C1=O. The van der Waals surface area contributed by atoms with Crippen molar-refractivity contribution >= 4 is 11.8 Å². The highest BCUT2D eigenvalue weighted by atomic mass is 16.2. The van der Waals surface area contributed by atoms with E-state index in [9.17, 15) is 9.59 Å². The molecule has 2 amide bonds. The molecule has 2 aromatic rings. The quantitative estimate of drug-likeness (QED) is 0.515. The average molecular weight is 388 g/mol. The van der Waals surface area contributed by atoms with E-state index in [4.69, 9.17) is 0 Å². The molecule has 29 heavy (non-hydrogen) atoms. The Labute approximate surface area is 173 Å². The summed E-state index contributed by atoms with van der Waals surface area (Å²) in [6.45, 7) is 4.96. The number of likely N-dealkylation sites (tertiary alicyclic amines) is 1. The first kappa shape index (κ1) is 18.6. The molecule has 150 valence electrons. The van der Waals surface area contributed by atoms with Crippen LogP contribution < -0.4 is 0 Å². The Morgan fingerprint density at radius 3 is 2.03 bits per heavy atom. The van der Waals surface area contributed by atoms with Crippen LogP contribution in [-0.4, -0.2) is 23.3 Å². The first-order valence-electron chi connectivity index (χ1n) is 11.1. The van der Waals surface area contributed by atoms with Gasteiger partial charge in [0.2, 0.25) is 11.8 Å². The van der Waals surface area contributed by atoms with E-state index in [0.29, 0.717) is 6.54 Å². The Morgan fingerprint density at radius 1 is 0.828 bits per heavy atom. The normalized spacial score (nSPS) is 29.0. The number of carbonyl (C=O) groups is 2. The van der Waals surface area contributed by atoms with Gasteiger partial charge in [-0.15, -0.1) is 0 Å². The number of amides is 2. The third-order valence-corrected chi connectivity index (χ3v) is 7.62. The third kappa shape index (κ3) is 2.43. The van der Waals surface area contributed by atoms with E-state index in [-0.39, 0.29) is 29.6 Å². The fourth-order valence-electron chi connectivity index (χ4n) is 6.30. The molecule has 2 bridgehead atoms. The van der Waals surface area contributed by atoms with Crippen molar-refractivity contribution in [1.82, 2.24) is 4.90 Å². The lowest BCUT2D eigenvalue weighted by molar-refractivity contribution is -0.140. The van der Waals surface area contributed by atoms with Gasteiger partial charge in [-0.1, -0.05) is 88.1 Å². The van der Waals surface area contributed by atoms with Crippen LogP contribution in [0.5, 0.6) is 0 Å². The zero-order valence-electron chi connectivity index (χ0n) is 17.4. The monoisotopic (exact) mass is 387 g/mol. The fourth-order valence-corrected chi connectivity index (χ4v) is 6.30. The zero-order valence-corrected chi connectivity index (χ0v) is 17.4. The summed E-state index contributed by atoms with van der Waals surface area (Å²) >= 11 is 0. The van der Waals surface area contributed by atoms with Gasteiger partial charge in [0.15, 0.2) is 0 Å². The van der Waals surface area contributed by atoms with Gasteiger partial charge in [0, 0.05) is 17.9 Å². The summed E-state index contributed by atoms with van der Waals surface area (Å²) in [6.07, 6.45) is 5.59. The van der Waals surface area contributed by atoms with E-state index >= 15 is 0 Å². The molecule has 3 nitrogen and oxygen atoms in total. The molecule has 3 aliphatic carbocycles. The molecule has 4 aliphatic rings. The molecule has 1 aliphatic heterocycles. The van der Waals surface area contributed by atoms with Gasteiger partial charge >= 0.3 is 0 Å². The minimum absolute atomic E-state index is 0.00392. The topological polar surface area (TPSA) is 37.4 Å². The molecular weight excluding hydrogens is 358 g/mol. The van der Waals surface area contributed by atoms with E-state index in [1.54, 1.807) is 4.90 Å². The van der Waals surface area contributed by atoms with Crippen LogP contribution in [0.2, 0.25) is 0 Å². The predicted octanol–water partition coefficient (Wildman–Crippen LogP) is 5.02. The van der Waals surface area contributed by atoms with Crippen molar-refractivity contribution in [2.45, 2.75) is 57.3 Å². The lowest BCUT2D eigenvalue weighted by Crippen LogP contribution is -2.51. The number of carbonyl (C=O) groups excluding carboxylic acids is 2. The molecule has 6 rings (SSSR count). The van der Waals surface area contributed by atoms with Crippen LogP contribution in [0.25, 0.3) is 0 Å².